The highest BCUT2D eigenvalue weighted by atomic mass is 35.5. The number of nitrogens with one attached hydrogen (secondary N) is 6. The lowest BCUT2D eigenvalue weighted by Gasteiger charge is -2.29. The molecule has 0 unspecified atom stereocenters. The standard InChI is InChI=1S/C27H31N7O.C25H29N7.C19H16ClN5.C6H14N2.C2H6O/c1-18(35)30-22-12-14-23(15-13-22)31-27-32-25(24-26(33-27)34(2)17-29-24)28-16-19-8-10-21(11-9-19)20-6-4-3-5-7-20;1-32-16-28-22-23(30-25(31-24(22)32)29-21-13-11-20(26)12-14-21)27-15-17-7-9-19(10-8-17)18-5-3-2-4-6-18;1-25-12-22-16-17(23-19(20)24-18(16)25)21-11-13-7-9-15(10-8-13)14-5-3-2-4-6-14;7-5-1-2-6(8)4-3-5;1-2-3/h3-11,17,22-23H,12-16H2,1-2H3,(H,30,35)(H2,28,31,32,33);2-10,16,20-21H,11-15,26H2,1H3,(H2,27,29,30,31);2-10,12H,11H2,1H3,(H,21,23,24);5-6H,1-4,7-8H2;3H,2H2,1H3. The monoisotopic (exact) mass is 1410 g/mol. The minimum atomic E-state index is 0.0387. The first-order valence-corrected chi connectivity index (χ1v) is 36.0. The van der Waals surface area contributed by atoms with Crippen LogP contribution in [0.15, 0.2) is 183 Å². The number of carbonyl (C=O) groups is 1. The van der Waals surface area contributed by atoms with E-state index in [0.717, 1.165) is 122 Å². The van der Waals surface area contributed by atoms with Crippen molar-refractivity contribution in [2.45, 2.75) is 147 Å². The quantitative estimate of drug-likeness (QED) is 0.0379. The molecule has 6 aromatic carbocycles. The number of rotatable bonds is 17. The molecule has 3 aliphatic carbocycles. The summed E-state index contributed by atoms with van der Waals surface area (Å²) in [7, 11) is 5.78. The number of nitrogens with zero attached hydrogens (tertiary/aromatic N) is 12. The summed E-state index contributed by atoms with van der Waals surface area (Å²) in [4.78, 5) is 52.2. The first-order valence-electron chi connectivity index (χ1n) is 35.7. The van der Waals surface area contributed by atoms with Gasteiger partial charge in [0.1, 0.15) is 0 Å². The average molecular weight is 1410 g/mol. The summed E-state index contributed by atoms with van der Waals surface area (Å²) in [5, 5.41) is 28.1. The Kier molecular flexibility index (Phi) is 26.1. The summed E-state index contributed by atoms with van der Waals surface area (Å²) in [6.45, 7) is 5.44. The predicted molar refractivity (Wildman–Crippen MR) is 416 cm³/mol. The van der Waals surface area contributed by atoms with E-state index in [2.05, 4.69) is 190 Å². The van der Waals surface area contributed by atoms with Gasteiger partial charge in [0.15, 0.2) is 50.9 Å². The molecule has 0 atom stereocenters. The molecule has 0 aliphatic heterocycles. The number of aromatic nitrogens is 12. The second-order valence-electron chi connectivity index (χ2n) is 26.6. The number of fused-ring (bicyclic) bond motifs is 3. The molecule has 12 aromatic rings. The average Bonchev–Trinajstić information content (AvgIpc) is 1.69. The highest BCUT2D eigenvalue weighted by Crippen LogP contribution is 2.30. The number of aryl methyl sites for hydroxylation is 3. The van der Waals surface area contributed by atoms with Gasteiger partial charge < -0.3 is 67.9 Å². The van der Waals surface area contributed by atoms with Crippen molar-refractivity contribution in [1.82, 2.24) is 63.9 Å². The molecule has 0 bridgehead atoms. The molecule has 3 aliphatic rings. The number of benzene rings is 6. The fourth-order valence-electron chi connectivity index (χ4n) is 12.8. The molecule has 0 saturated heterocycles. The fourth-order valence-corrected chi connectivity index (χ4v) is 13.0. The predicted octanol–water partition coefficient (Wildman–Crippen LogP) is 13.3. The minimum Gasteiger partial charge on any atom is -0.397 e. The zero-order valence-corrected chi connectivity index (χ0v) is 60.2. The van der Waals surface area contributed by atoms with Crippen LogP contribution < -0.4 is 49.1 Å². The van der Waals surface area contributed by atoms with E-state index >= 15 is 0 Å². The van der Waals surface area contributed by atoms with E-state index < -0.39 is 0 Å². The molecule has 103 heavy (non-hydrogen) atoms. The van der Waals surface area contributed by atoms with E-state index in [1.54, 1.807) is 32.8 Å². The molecular formula is C79H96ClN21O2. The Morgan fingerprint density at radius 1 is 0.417 bits per heavy atom. The van der Waals surface area contributed by atoms with Crippen LogP contribution in [0.1, 0.15) is 108 Å². The summed E-state index contributed by atoms with van der Waals surface area (Å²) in [6.07, 6.45) is 17.8. The van der Waals surface area contributed by atoms with Gasteiger partial charge in [-0.25, -0.2) is 15.0 Å². The van der Waals surface area contributed by atoms with E-state index in [-0.39, 0.29) is 29.9 Å². The number of halogens is 1. The molecule has 6 heterocycles. The SMILES string of the molecule is CC(=O)NC1CCC(Nc2nc(NCc3ccc(-c4ccccc4)cc3)c3ncn(C)c3n2)CC1.CCO.Cn1cnc2c(NCc3ccc(-c4ccccc4)cc3)nc(Cl)nc21.Cn1cnc2c(NCc3ccc(-c4ccccc4)cc3)nc(NC3CCC(N)CC3)nc21.NC1CCC(N)CC1. The van der Waals surface area contributed by atoms with Crippen LogP contribution in [0.25, 0.3) is 66.9 Å². The molecule has 24 heteroatoms. The number of amides is 1. The Balaban J connectivity index is 0.000000145. The van der Waals surface area contributed by atoms with Crippen LogP contribution in [-0.4, -0.2) is 112 Å². The van der Waals surface area contributed by atoms with E-state index in [1.165, 1.54) is 38.9 Å². The summed E-state index contributed by atoms with van der Waals surface area (Å²) >= 11 is 6.02. The number of anilines is 5. The van der Waals surface area contributed by atoms with Crippen molar-refractivity contribution < 1.29 is 9.90 Å². The largest absolute Gasteiger partial charge is 0.397 e. The zero-order valence-electron chi connectivity index (χ0n) is 59.4. The molecule has 6 aromatic heterocycles. The molecule has 3 saturated carbocycles. The zero-order chi connectivity index (χ0) is 72.0. The van der Waals surface area contributed by atoms with Gasteiger partial charge in [0.2, 0.25) is 23.1 Å². The molecule has 1 amide bonds. The lowest BCUT2D eigenvalue weighted by Crippen LogP contribution is -2.39. The van der Waals surface area contributed by atoms with Gasteiger partial charge in [-0.3, -0.25) is 4.79 Å². The summed E-state index contributed by atoms with van der Waals surface area (Å²) in [5.74, 6) is 3.39. The van der Waals surface area contributed by atoms with Gasteiger partial charge in [0.25, 0.3) is 0 Å². The van der Waals surface area contributed by atoms with Crippen LogP contribution in [-0.2, 0) is 45.6 Å². The highest BCUT2D eigenvalue weighted by molar-refractivity contribution is 6.28. The molecule has 0 spiro atoms. The third kappa shape index (κ3) is 20.9. The number of imidazole rings is 3. The number of nitrogens with two attached hydrogens (primary N) is 3. The Morgan fingerprint density at radius 2 is 0.699 bits per heavy atom. The smallest absolute Gasteiger partial charge is 0.227 e. The summed E-state index contributed by atoms with van der Waals surface area (Å²) in [6, 6.07) is 58.8. The number of aliphatic hydroxyl groups excluding tert-OH is 1. The van der Waals surface area contributed by atoms with Gasteiger partial charge in [-0.1, -0.05) is 164 Å². The van der Waals surface area contributed by atoms with Crippen LogP contribution in [0.4, 0.5) is 29.4 Å². The molecule has 0 radical (unpaired) electrons. The molecular weight excluding hydrogens is 1310 g/mol. The molecule has 23 nitrogen and oxygen atoms in total. The van der Waals surface area contributed by atoms with Gasteiger partial charge in [-0.05, 0) is 146 Å². The van der Waals surface area contributed by atoms with Crippen molar-refractivity contribution in [3.63, 3.8) is 0 Å². The van der Waals surface area contributed by atoms with E-state index in [0.29, 0.717) is 72.7 Å². The van der Waals surface area contributed by atoms with Gasteiger partial charge in [-0.15, -0.1) is 0 Å². The van der Waals surface area contributed by atoms with Crippen molar-refractivity contribution in [3.05, 3.63) is 205 Å². The first kappa shape index (κ1) is 73.8. The van der Waals surface area contributed by atoms with Crippen molar-refractivity contribution in [1.29, 1.82) is 0 Å². The number of hydrogen-bond donors (Lipinski definition) is 10. The Morgan fingerprint density at radius 3 is 1.03 bits per heavy atom. The second kappa shape index (κ2) is 36.4. The maximum absolute atomic E-state index is 11.3. The van der Waals surface area contributed by atoms with Crippen LogP contribution in [0.5, 0.6) is 0 Å². The van der Waals surface area contributed by atoms with Crippen LogP contribution in [0.3, 0.4) is 0 Å². The number of aliphatic hydroxyl groups is 1. The van der Waals surface area contributed by atoms with Crippen LogP contribution in [0, 0.1) is 0 Å². The van der Waals surface area contributed by atoms with E-state index in [4.69, 9.17) is 53.8 Å². The van der Waals surface area contributed by atoms with E-state index in [1.807, 2.05) is 65.2 Å². The third-order valence-electron chi connectivity index (χ3n) is 18.6. The normalized spacial score (nSPS) is 17.7. The molecule has 536 valence electrons. The lowest BCUT2D eigenvalue weighted by atomic mass is 9.91. The summed E-state index contributed by atoms with van der Waals surface area (Å²) in [5.41, 5.74) is 32.6. The van der Waals surface area contributed by atoms with Crippen molar-refractivity contribution in [2.75, 3.05) is 33.2 Å². The highest BCUT2D eigenvalue weighted by Gasteiger charge is 2.25. The third-order valence-corrected chi connectivity index (χ3v) is 18.8. The Labute approximate surface area is 607 Å². The Bertz CT molecular complexity index is 4580. The second-order valence-corrected chi connectivity index (χ2v) is 26.9. The van der Waals surface area contributed by atoms with E-state index in [9.17, 15) is 4.79 Å². The van der Waals surface area contributed by atoms with Gasteiger partial charge in [-0.2, -0.15) is 29.9 Å². The maximum atomic E-state index is 11.3. The van der Waals surface area contributed by atoms with Crippen LogP contribution >= 0.6 is 11.6 Å². The number of carbonyl (C=O) groups excluding carboxylic acids is 1. The summed E-state index contributed by atoms with van der Waals surface area (Å²) < 4.78 is 5.66. The minimum absolute atomic E-state index is 0.0387. The van der Waals surface area contributed by atoms with Gasteiger partial charge >= 0.3 is 0 Å². The van der Waals surface area contributed by atoms with Crippen molar-refractivity contribution >= 4 is 80.4 Å². The Hall–Kier alpha value is -10.4. The fraction of sp³-hybridized carbons (Fsp3) is 0.342. The van der Waals surface area contributed by atoms with Crippen LogP contribution in [0.2, 0.25) is 5.28 Å². The van der Waals surface area contributed by atoms with Gasteiger partial charge in [0, 0.05) is 90.6 Å². The van der Waals surface area contributed by atoms with Crippen molar-refractivity contribution in [3.8, 4) is 33.4 Å². The topological polar surface area (TPSA) is 318 Å². The molecule has 13 N–H and O–H groups in total. The lowest BCUT2D eigenvalue weighted by molar-refractivity contribution is -0.119. The number of hydrogen-bond acceptors (Lipinski definition) is 19. The first-order chi connectivity index (χ1) is 50.1. The molecule has 3 fully saturated rings. The van der Waals surface area contributed by atoms with Gasteiger partial charge in [0.05, 0.1) is 19.0 Å². The maximum Gasteiger partial charge on any atom is 0.227 e. The van der Waals surface area contributed by atoms with Crippen molar-refractivity contribution in [2.24, 2.45) is 38.3 Å². The molecule has 15 rings (SSSR count).